The number of carbonyl (C=O) groups is 1. The Kier molecular flexibility index (Phi) is 3.76. The molecule has 3 fully saturated rings. The number of sulfone groups is 1. The minimum Gasteiger partial charge on any atom is -0.315 e. The molecule has 4 rings (SSSR count). The van der Waals surface area contributed by atoms with Gasteiger partial charge in [-0.3, -0.25) is 4.79 Å². The van der Waals surface area contributed by atoms with E-state index >= 15 is 0 Å². The van der Waals surface area contributed by atoms with Gasteiger partial charge in [0.15, 0.2) is 15.0 Å². The van der Waals surface area contributed by atoms with E-state index in [1.165, 1.54) is 11.8 Å². The van der Waals surface area contributed by atoms with Gasteiger partial charge in [0.25, 0.3) is 5.91 Å². The van der Waals surface area contributed by atoms with Crippen LogP contribution in [0, 0.1) is 19.8 Å². The summed E-state index contributed by atoms with van der Waals surface area (Å²) in [6.45, 7) is 4.07. The minimum absolute atomic E-state index is 0.0411. The zero-order valence-electron chi connectivity index (χ0n) is 13.7. The Balaban J connectivity index is 1.77. The largest absolute Gasteiger partial charge is 0.315 e. The van der Waals surface area contributed by atoms with Crippen LogP contribution in [0.3, 0.4) is 0 Å². The van der Waals surface area contributed by atoms with E-state index in [0.717, 1.165) is 29.7 Å². The van der Waals surface area contributed by atoms with Gasteiger partial charge in [0, 0.05) is 16.9 Å². The number of benzene rings is 1. The summed E-state index contributed by atoms with van der Waals surface area (Å²) in [5.41, 5.74) is 3.22. The van der Waals surface area contributed by atoms with Crippen LogP contribution in [0.15, 0.2) is 23.2 Å². The van der Waals surface area contributed by atoms with E-state index in [1.807, 2.05) is 36.9 Å². The van der Waals surface area contributed by atoms with Gasteiger partial charge >= 0.3 is 0 Å². The molecule has 7 heteroatoms. The maximum Gasteiger partial charge on any atom is 0.251 e. The normalized spacial score (nSPS) is 29.9. The smallest absolute Gasteiger partial charge is 0.251 e. The van der Waals surface area contributed by atoms with Crippen LogP contribution in [-0.4, -0.2) is 42.3 Å². The van der Waals surface area contributed by atoms with Gasteiger partial charge in [0.05, 0.1) is 17.5 Å². The average Bonchev–Trinajstić information content (AvgIpc) is 3.24. The number of nitrogens with zero attached hydrogens (tertiary/aromatic N) is 2. The lowest BCUT2D eigenvalue weighted by Gasteiger charge is -2.26. The number of aliphatic imine (C=N–C) groups is 1. The Bertz CT molecular complexity index is 843. The van der Waals surface area contributed by atoms with Crippen molar-refractivity contribution in [3.8, 4) is 0 Å². The van der Waals surface area contributed by atoms with Crippen LogP contribution in [-0.2, 0) is 14.6 Å². The molecule has 24 heavy (non-hydrogen) atoms. The van der Waals surface area contributed by atoms with Gasteiger partial charge in [-0.05, 0) is 43.9 Å². The van der Waals surface area contributed by atoms with Crippen LogP contribution >= 0.6 is 11.8 Å². The van der Waals surface area contributed by atoms with Crippen molar-refractivity contribution in [3.05, 3.63) is 29.3 Å². The third-order valence-electron chi connectivity index (χ3n) is 5.03. The second kappa shape index (κ2) is 5.59. The molecule has 3 aliphatic rings. The van der Waals surface area contributed by atoms with Crippen molar-refractivity contribution in [1.82, 2.24) is 0 Å². The van der Waals surface area contributed by atoms with Crippen LogP contribution in [0.25, 0.3) is 0 Å². The first-order valence-electron chi connectivity index (χ1n) is 8.21. The van der Waals surface area contributed by atoms with Gasteiger partial charge < -0.3 is 4.90 Å². The van der Waals surface area contributed by atoms with E-state index < -0.39 is 9.84 Å². The molecule has 0 radical (unpaired) electrons. The summed E-state index contributed by atoms with van der Waals surface area (Å²) in [6.07, 6.45) is 1.84. The van der Waals surface area contributed by atoms with Gasteiger partial charge in [-0.1, -0.05) is 23.9 Å². The molecular formula is C17H20N2O3S2. The van der Waals surface area contributed by atoms with E-state index in [1.54, 1.807) is 0 Å². The van der Waals surface area contributed by atoms with E-state index in [4.69, 9.17) is 0 Å². The lowest BCUT2D eigenvalue weighted by atomic mass is 10.1. The summed E-state index contributed by atoms with van der Waals surface area (Å²) in [4.78, 5) is 18.6. The Morgan fingerprint density at radius 1 is 1.25 bits per heavy atom. The topological polar surface area (TPSA) is 66.8 Å². The van der Waals surface area contributed by atoms with Gasteiger partial charge in [-0.15, -0.1) is 0 Å². The molecule has 0 bridgehead atoms. The fraction of sp³-hybridized carbons (Fsp3) is 0.529. The molecule has 128 valence electrons. The number of rotatable bonds is 2. The molecule has 1 amide bonds. The lowest BCUT2D eigenvalue weighted by Crippen LogP contribution is -2.38. The molecule has 1 aliphatic carbocycles. The molecule has 2 saturated heterocycles. The maximum absolute atomic E-state index is 12.2. The molecular weight excluding hydrogens is 344 g/mol. The van der Waals surface area contributed by atoms with Gasteiger partial charge in [0.1, 0.15) is 0 Å². The molecule has 2 heterocycles. The number of fused-ring (bicyclic) bond motifs is 1. The fourth-order valence-corrected chi connectivity index (χ4v) is 7.27. The first kappa shape index (κ1) is 16.1. The van der Waals surface area contributed by atoms with E-state index in [2.05, 4.69) is 4.99 Å². The lowest BCUT2D eigenvalue weighted by molar-refractivity contribution is -0.118. The number of anilines is 1. The molecule has 1 aromatic carbocycles. The van der Waals surface area contributed by atoms with Crippen LogP contribution in [0.5, 0.6) is 0 Å². The van der Waals surface area contributed by atoms with E-state index in [0.29, 0.717) is 5.17 Å². The highest BCUT2D eigenvalue weighted by atomic mass is 32.2. The Morgan fingerprint density at radius 2 is 2.00 bits per heavy atom. The number of amides is 1. The quantitative estimate of drug-likeness (QED) is 0.806. The van der Waals surface area contributed by atoms with Gasteiger partial charge in [-0.25, -0.2) is 8.42 Å². The zero-order valence-corrected chi connectivity index (χ0v) is 15.4. The molecule has 0 unspecified atom stereocenters. The number of hydrogen-bond donors (Lipinski definition) is 0. The fourth-order valence-electron chi connectivity index (χ4n) is 3.36. The van der Waals surface area contributed by atoms with Crippen molar-refractivity contribution in [1.29, 1.82) is 0 Å². The predicted molar refractivity (Wildman–Crippen MR) is 97.4 cm³/mol. The zero-order chi connectivity index (χ0) is 17.1. The second-order valence-electron chi connectivity index (χ2n) is 6.90. The average molecular weight is 364 g/mol. The predicted octanol–water partition coefficient (Wildman–Crippen LogP) is 2.31. The standard InChI is InChI=1S/C17H20N2O3S2/c1-10-4-3-5-13(11(10)2)19-14-8-24(21,22)9-15(14)23-17(19)18-16(20)12-6-7-12/h3-5,12,14-15H,6-9H2,1-2H3/t14-,15+/m1/s1. The van der Waals surface area contributed by atoms with Crippen molar-refractivity contribution >= 4 is 38.4 Å². The Labute approximate surface area is 146 Å². The number of hydrogen-bond acceptors (Lipinski definition) is 4. The summed E-state index contributed by atoms with van der Waals surface area (Å²) in [5.74, 6) is 0.313. The summed E-state index contributed by atoms with van der Waals surface area (Å²) < 4.78 is 24.1. The summed E-state index contributed by atoms with van der Waals surface area (Å²) >= 11 is 1.45. The van der Waals surface area contributed by atoms with Crippen LogP contribution < -0.4 is 4.90 Å². The van der Waals surface area contributed by atoms with Crippen LogP contribution in [0.4, 0.5) is 5.69 Å². The van der Waals surface area contributed by atoms with Crippen molar-refractivity contribution in [3.63, 3.8) is 0 Å². The molecule has 0 aromatic heterocycles. The maximum atomic E-state index is 12.2. The monoisotopic (exact) mass is 364 g/mol. The van der Waals surface area contributed by atoms with Crippen molar-refractivity contribution < 1.29 is 13.2 Å². The first-order chi connectivity index (χ1) is 11.4. The van der Waals surface area contributed by atoms with Gasteiger partial charge in [-0.2, -0.15) is 4.99 Å². The van der Waals surface area contributed by atoms with Crippen LogP contribution in [0.1, 0.15) is 24.0 Å². The van der Waals surface area contributed by atoms with Crippen molar-refractivity contribution in [2.75, 3.05) is 16.4 Å². The molecule has 0 spiro atoms. The summed E-state index contributed by atoms with van der Waals surface area (Å²) in [5, 5.41) is 0.631. The van der Waals surface area contributed by atoms with Crippen LogP contribution in [0.2, 0.25) is 0 Å². The highest BCUT2D eigenvalue weighted by Gasteiger charge is 2.50. The molecule has 2 aliphatic heterocycles. The number of amidine groups is 1. The SMILES string of the molecule is Cc1cccc(N2C(=NC(=O)C3CC3)S[C@H]3CS(=O)(=O)C[C@H]32)c1C. The second-order valence-corrected chi connectivity index (χ2v) is 10.3. The molecule has 0 N–H and O–H groups in total. The molecule has 1 aromatic rings. The third kappa shape index (κ3) is 2.77. The number of carbonyl (C=O) groups excluding carboxylic acids is 1. The summed E-state index contributed by atoms with van der Waals surface area (Å²) in [7, 11) is -3.03. The molecule has 1 saturated carbocycles. The third-order valence-corrected chi connectivity index (χ3v) is 8.24. The van der Waals surface area contributed by atoms with Gasteiger partial charge in [0.2, 0.25) is 0 Å². The number of aryl methyl sites for hydroxylation is 1. The van der Waals surface area contributed by atoms with Crippen molar-refractivity contribution in [2.24, 2.45) is 10.9 Å². The highest BCUT2D eigenvalue weighted by Crippen LogP contribution is 2.43. The minimum atomic E-state index is -3.03. The first-order valence-corrected chi connectivity index (χ1v) is 10.9. The van der Waals surface area contributed by atoms with E-state index in [-0.39, 0.29) is 34.6 Å². The highest BCUT2D eigenvalue weighted by molar-refractivity contribution is 8.16. The molecule has 5 nitrogen and oxygen atoms in total. The number of thioether (sulfide) groups is 1. The molecule has 2 atom stereocenters. The van der Waals surface area contributed by atoms with Crippen molar-refractivity contribution in [2.45, 2.75) is 38.0 Å². The van der Waals surface area contributed by atoms with E-state index in [9.17, 15) is 13.2 Å². The Morgan fingerprint density at radius 3 is 2.71 bits per heavy atom. The Hall–Kier alpha value is -1.34. The summed E-state index contributed by atoms with van der Waals surface area (Å²) in [6, 6.07) is 5.87.